The topological polar surface area (TPSA) is 51.3 Å². The second-order valence-electron chi connectivity index (χ2n) is 2.73. The molecule has 1 aromatic heterocycles. The zero-order valence-electron chi connectivity index (χ0n) is 6.86. The van der Waals surface area contributed by atoms with Gasteiger partial charge in [0.25, 0.3) is 0 Å². The molecule has 0 unspecified atom stereocenters. The van der Waals surface area contributed by atoms with Gasteiger partial charge in [0.15, 0.2) is 5.82 Å². The number of fused-ring (bicyclic) bond motifs is 1. The van der Waals surface area contributed by atoms with Crippen molar-refractivity contribution in [3.8, 4) is 0 Å². The molecule has 0 aliphatic carbocycles. The molecule has 4 heteroatoms. The molecule has 1 aromatic carbocycles. The molecule has 13 heavy (non-hydrogen) atoms. The zero-order valence-corrected chi connectivity index (χ0v) is 7.86. The van der Waals surface area contributed by atoms with Gasteiger partial charge >= 0.3 is 0 Å². The van der Waals surface area contributed by atoms with Crippen molar-refractivity contribution in [2.45, 2.75) is 0 Å². The van der Waals surface area contributed by atoms with Gasteiger partial charge in [-0.05, 0) is 39.4 Å². The van der Waals surface area contributed by atoms with E-state index in [0.717, 1.165) is 16.6 Å². The zero-order chi connectivity index (χ0) is 9.26. The maximum Gasteiger partial charge on any atom is 0.156 e. The summed E-state index contributed by atoms with van der Waals surface area (Å²) in [6.45, 7) is 0. The number of hydrogen-bond donors (Lipinski definition) is 1. The Hall–Kier alpha value is -1.47. The van der Waals surface area contributed by atoms with Gasteiger partial charge in [0.1, 0.15) is 0 Å². The van der Waals surface area contributed by atoms with Crippen LogP contribution in [0.5, 0.6) is 0 Å². The van der Waals surface area contributed by atoms with Crippen molar-refractivity contribution < 1.29 is 0 Å². The van der Waals surface area contributed by atoms with Crippen LogP contribution in [0.1, 0.15) is 0 Å². The Labute approximate surface area is 77.9 Å². The highest BCUT2D eigenvalue weighted by Gasteiger charge is 1.96. The molecule has 2 aromatic rings. The first-order valence-electron chi connectivity index (χ1n) is 3.83. The Morgan fingerprint density at radius 1 is 1.23 bits per heavy atom. The van der Waals surface area contributed by atoms with Crippen LogP contribution < -0.4 is 5.73 Å². The number of nitrogens with zero attached hydrogens (tertiary/aromatic N) is 2. The van der Waals surface area contributed by atoms with E-state index in [2.05, 4.69) is 18.8 Å². The van der Waals surface area contributed by atoms with Gasteiger partial charge in [0.05, 0.1) is 5.52 Å². The van der Waals surface area contributed by atoms with Gasteiger partial charge in [-0.15, -0.1) is 0 Å². The third-order valence-corrected chi connectivity index (χ3v) is 2.04. The largest absolute Gasteiger partial charge is 0.399 e. The van der Waals surface area contributed by atoms with Crippen LogP contribution in [0.15, 0.2) is 35.1 Å². The molecule has 2 rings (SSSR count). The lowest BCUT2D eigenvalue weighted by Gasteiger charge is -1.98. The lowest BCUT2D eigenvalue weighted by atomic mass is 10.2. The van der Waals surface area contributed by atoms with E-state index in [-0.39, 0.29) is 0 Å². The summed E-state index contributed by atoms with van der Waals surface area (Å²) in [6.07, 6.45) is 0. The molecular weight excluding hydrogens is 181 g/mol. The van der Waals surface area contributed by atoms with Crippen molar-refractivity contribution in [3.63, 3.8) is 0 Å². The molecular formula is C9H8N3P. The molecule has 3 nitrogen and oxygen atoms in total. The Kier molecular flexibility index (Phi) is 1.95. The molecule has 0 atom stereocenters. The number of nitrogens with two attached hydrogens (primary N) is 1. The van der Waals surface area contributed by atoms with Gasteiger partial charge in [-0.3, -0.25) is 0 Å². The highest BCUT2D eigenvalue weighted by atomic mass is 31.0. The molecule has 2 N–H and O–H groups in total. The van der Waals surface area contributed by atoms with Crippen molar-refractivity contribution in [1.82, 2.24) is 4.98 Å². The van der Waals surface area contributed by atoms with Crippen LogP contribution in [0, 0.1) is 0 Å². The Balaban J connectivity index is 2.73. The summed E-state index contributed by atoms with van der Waals surface area (Å²) < 4.78 is 3.81. The van der Waals surface area contributed by atoms with E-state index in [1.807, 2.05) is 30.3 Å². The van der Waals surface area contributed by atoms with Crippen LogP contribution in [-0.2, 0) is 0 Å². The van der Waals surface area contributed by atoms with Gasteiger partial charge in [0.2, 0.25) is 0 Å². The summed E-state index contributed by atoms with van der Waals surface area (Å²) in [5.74, 6) is 0.661. The highest BCUT2D eigenvalue weighted by molar-refractivity contribution is 7.04. The molecule has 0 saturated heterocycles. The van der Waals surface area contributed by atoms with Gasteiger partial charge in [0, 0.05) is 11.1 Å². The predicted octanol–water partition coefficient (Wildman–Crippen LogP) is 2.77. The number of anilines is 1. The molecule has 0 bridgehead atoms. The molecule has 1 heterocycles. The molecule has 0 amide bonds. The molecule has 0 saturated carbocycles. The molecule has 0 spiro atoms. The van der Waals surface area contributed by atoms with Crippen molar-refractivity contribution in [2.75, 3.05) is 5.73 Å². The van der Waals surface area contributed by atoms with Crippen molar-refractivity contribution in [3.05, 3.63) is 30.3 Å². The van der Waals surface area contributed by atoms with E-state index >= 15 is 0 Å². The van der Waals surface area contributed by atoms with Crippen LogP contribution in [0.4, 0.5) is 11.5 Å². The van der Waals surface area contributed by atoms with Gasteiger partial charge in [-0.25, -0.2) is 9.73 Å². The summed E-state index contributed by atoms with van der Waals surface area (Å²) >= 11 is 0. The first-order chi connectivity index (χ1) is 6.29. The molecule has 0 aliphatic heterocycles. The monoisotopic (exact) mass is 189 g/mol. The van der Waals surface area contributed by atoms with Crippen molar-refractivity contribution >= 4 is 31.4 Å². The molecule has 64 valence electrons. The molecule has 0 fully saturated rings. The summed E-state index contributed by atoms with van der Waals surface area (Å²) in [4.78, 5) is 4.26. The van der Waals surface area contributed by atoms with E-state index in [1.54, 1.807) is 0 Å². The second-order valence-corrected chi connectivity index (χ2v) is 2.96. The van der Waals surface area contributed by atoms with Crippen LogP contribution in [0.25, 0.3) is 10.9 Å². The summed E-state index contributed by atoms with van der Waals surface area (Å²) in [5.41, 5.74) is 7.28. The highest BCUT2D eigenvalue weighted by Crippen LogP contribution is 2.19. The first-order valence-corrected chi connectivity index (χ1v) is 4.28. The smallest absolute Gasteiger partial charge is 0.156 e. The Morgan fingerprint density at radius 2 is 2.08 bits per heavy atom. The number of rotatable bonds is 1. The minimum absolute atomic E-state index is 0.661. The standard InChI is InChI=1S/C9H8N3P/c10-7-2-3-8-6(5-7)1-4-9(11-8)12-13/h1-5,13H,10H2. The second kappa shape index (κ2) is 3.11. The summed E-state index contributed by atoms with van der Waals surface area (Å²) in [6, 6.07) is 9.37. The fraction of sp³-hybridized carbons (Fsp3) is 0. The fourth-order valence-corrected chi connectivity index (χ4v) is 1.32. The predicted molar refractivity (Wildman–Crippen MR) is 56.6 cm³/mol. The van der Waals surface area contributed by atoms with Gasteiger partial charge in [-0.1, -0.05) is 0 Å². The third-order valence-electron chi connectivity index (χ3n) is 1.81. The first kappa shape index (κ1) is 8.14. The molecule has 0 radical (unpaired) electrons. The van der Waals surface area contributed by atoms with E-state index in [4.69, 9.17) is 5.73 Å². The minimum Gasteiger partial charge on any atom is -0.399 e. The minimum atomic E-state index is 0.661. The Bertz CT molecular complexity index is 467. The van der Waals surface area contributed by atoms with Crippen molar-refractivity contribution in [2.24, 2.45) is 4.74 Å². The summed E-state index contributed by atoms with van der Waals surface area (Å²) in [7, 11) is 3.04. The van der Waals surface area contributed by atoms with Crippen LogP contribution in [0.3, 0.4) is 0 Å². The van der Waals surface area contributed by atoms with Crippen molar-refractivity contribution in [1.29, 1.82) is 0 Å². The maximum atomic E-state index is 5.63. The van der Waals surface area contributed by atoms with Crippen LogP contribution >= 0.6 is 9.03 Å². The third kappa shape index (κ3) is 1.51. The fourth-order valence-electron chi connectivity index (χ4n) is 1.20. The normalized spacial score (nSPS) is 10.2. The van der Waals surface area contributed by atoms with E-state index < -0.39 is 0 Å². The van der Waals surface area contributed by atoms with Crippen LogP contribution in [0.2, 0.25) is 0 Å². The van der Waals surface area contributed by atoms with E-state index in [1.165, 1.54) is 0 Å². The van der Waals surface area contributed by atoms with E-state index in [9.17, 15) is 0 Å². The summed E-state index contributed by atoms with van der Waals surface area (Å²) in [5, 5.41) is 1.03. The van der Waals surface area contributed by atoms with E-state index in [0.29, 0.717) is 5.82 Å². The maximum absolute atomic E-state index is 5.63. The number of hydrogen-bond acceptors (Lipinski definition) is 3. The lowest BCUT2D eigenvalue weighted by molar-refractivity contribution is 1.35. The number of pyridine rings is 1. The average molecular weight is 189 g/mol. The number of benzene rings is 1. The van der Waals surface area contributed by atoms with Crippen LogP contribution in [-0.4, -0.2) is 4.98 Å². The SMILES string of the molecule is Nc1ccc2nc(N=P)ccc2c1. The lowest BCUT2D eigenvalue weighted by Crippen LogP contribution is -1.84. The van der Waals surface area contributed by atoms with Gasteiger partial charge in [-0.2, -0.15) is 0 Å². The number of nitrogen functional groups attached to an aromatic ring is 1. The quantitative estimate of drug-likeness (QED) is 0.553. The molecule has 0 aliphatic rings. The average Bonchev–Trinajstić information content (AvgIpc) is 2.17. The Morgan fingerprint density at radius 3 is 2.85 bits per heavy atom. The van der Waals surface area contributed by atoms with Gasteiger partial charge < -0.3 is 5.73 Å². The number of aromatic nitrogens is 1.